The first-order valence-electron chi connectivity index (χ1n) is 19.6. The molecule has 17 heteroatoms. The number of carbonyl (C=O) groups is 7. The number of para-hydroxylation sites is 2. The smallest absolute Gasteiger partial charge is 0.319 e. The molecule has 3 aromatic carbocycles. The van der Waals surface area contributed by atoms with E-state index in [-0.39, 0.29) is 32.4 Å². The number of anilines is 1. The normalized spacial score (nSPS) is 13.0. The van der Waals surface area contributed by atoms with Gasteiger partial charge in [-0.3, -0.25) is 28.8 Å². The van der Waals surface area contributed by atoms with Crippen LogP contribution in [0.2, 0.25) is 0 Å². The number of aromatic amines is 1. The van der Waals surface area contributed by atoms with Crippen molar-refractivity contribution in [2.24, 2.45) is 5.73 Å². The molecule has 320 valence electrons. The number of aliphatic carboxylic acids is 1. The minimum atomic E-state index is -1.61. The number of aromatic nitrogens is 1. The van der Waals surface area contributed by atoms with E-state index in [0.717, 1.165) is 26.9 Å². The van der Waals surface area contributed by atoms with E-state index < -0.39 is 72.1 Å². The molecule has 0 bridgehead atoms. The fourth-order valence-electron chi connectivity index (χ4n) is 6.65. The summed E-state index contributed by atoms with van der Waals surface area (Å²) in [7, 11) is 4.65. The van der Waals surface area contributed by atoms with Gasteiger partial charge in [-0.25, -0.2) is 4.79 Å². The minimum absolute atomic E-state index is 0.0147. The maximum absolute atomic E-state index is 14.4. The van der Waals surface area contributed by atoms with Crippen molar-refractivity contribution in [3.63, 3.8) is 0 Å². The molecule has 0 aliphatic heterocycles. The fourth-order valence-corrected chi connectivity index (χ4v) is 6.65. The van der Waals surface area contributed by atoms with Crippen LogP contribution in [0.4, 0.5) is 10.5 Å². The summed E-state index contributed by atoms with van der Waals surface area (Å²) in [5.41, 5.74) is 9.40. The monoisotopic (exact) mass is 825 g/mol. The lowest BCUT2D eigenvalue weighted by atomic mass is 10.0. The number of rotatable bonds is 22. The number of fused-ring (bicyclic) bond motifs is 1. The Morgan fingerprint density at radius 1 is 0.767 bits per heavy atom. The number of urea groups is 1. The molecule has 1 heterocycles. The molecule has 4 atom stereocenters. The molecule has 0 fully saturated rings. The van der Waals surface area contributed by atoms with Crippen LogP contribution in [-0.4, -0.2) is 120 Å². The Balaban J connectivity index is 1.56. The molecule has 0 aliphatic carbocycles. The van der Waals surface area contributed by atoms with Crippen LogP contribution in [0.5, 0.6) is 0 Å². The van der Waals surface area contributed by atoms with Gasteiger partial charge in [-0.2, -0.15) is 0 Å². The highest BCUT2D eigenvalue weighted by Gasteiger charge is 2.36. The predicted octanol–water partition coefficient (Wildman–Crippen LogP) is 2.06. The van der Waals surface area contributed by atoms with Gasteiger partial charge in [0.25, 0.3) is 0 Å². The van der Waals surface area contributed by atoms with E-state index in [2.05, 4.69) is 31.6 Å². The van der Waals surface area contributed by atoms with Crippen molar-refractivity contribution < 1.29 is 38.7 Å². The molecule has 0 unspecified atom stereocenters. The fraction of sp³-hybridized carbons (Fsp3) is 0.372. The standard InChI is InChI=1S/C43H55N9O8/c1-27-14-8-10-18-31(27)50-43(60)45-21-13-12-20-33(48-40(57)35(47-37(53)26-51(2)3)23-29-25-46-32-19-11-9-17-30(29)32)42(59)52(4)36(24-38(54)55)41(58)49-34(39(44)56)22-28-15-6-5-7-16-28/h5-11,14-19,25,33-36,46H,12-13,20-24,26H2,1-4H3,(H2,44,56)(H,47,53)(H,48,57)(H,49,58)(H,54,55)(H2,45,50,60)/t33-,34-,35-,36-/m0/s1. The highest BCUT2D eigenvalue weighted by Crippen LogP contribution is 2.20. The number of nitrogens with one attached hydrogen (secondary N) is 6. The maximum Gasteiger partial charge on any atom is 0.319 e. The van der Waals surface area contributed by atoms with Crippen LogP contribution in [0.25, 0.3) is 10.9 Å². The molecule has 0 radical (unpaired) electrons. The Kier molecular flexibility index (Phi) is 17.2. The number of likely N-dealkylation sites (N-methyl/N-ethyl adjacent to an activating group) is 2. The number of hydrogen-bond acceptors (Lipinski definition) is 8. The van der Waals surface area contributed by atoms with Crippen molar-refractivity contribution >= 4 is 58.1 Å². The van der Waals surface area contributed by atoms with Crippen molar-refractivity contribution in [2.45, 2.75) is 69.6 Å². The van der Waals surface area contributed by atoms with Crippen molar-refractivity contribution in [1.82, 2.24) is 36.1 Å². The van der Waals surface area contributed by atoms with Crippen molar-refractivity contribution in [3.8, 4) is 0 Å². The Morgan fingerprint density at radius 3 is 2.12 bits per heavy atom. The van der Waals surface area contributed by atoms with Gasteiger partial charge in [0.2, 0.25) is 29.5 Å². The van der Waals surface area contributed by atoms with Crippen LogP contribution in [-0.2, 0) is 41.6 Å². The average molecular weight is 826 g/mol. The van der Waals surface area contributed by atoms with E-state index >= 15 is 0 Å². The van der Waals surface area contributed by atoms with Gasteiger partial charge < -0.3 is 52.2 Å². The SMILES string of the molecule is Cc1ccccc1NC(=O)NCCCC[C@H](NC(=O)[C@H](Cc1c[nH]c2ccccc12)NC(=O)CN(C)C)C(=O)N(C)[C@@H](CC(=O)O)C(=O)N[C@@H](Cc1ccccc1)C(N)=O. The van der Waals surface area contributed by atoms with Gasteiger partial charge in [0.15, 0.2) is 0 Å². The molecule has 0 spiro atoms. The lowest BCUT2D eigenvalue weighted by molar-refractivity contribution is -0.147. The summed E-state index contributed by atoms with van der Waals surface area (Å²) in [6.07, 6.45) is 1.69. The summed E-state index contributed by atoms with van der Waals surface area (Å²) in [5, 5.41) is 24.3. The van der Waals surface area contributed by atoms with Gasteiger partial charge in [-0.15, -0.1) is 0 Å². The number of aryl methyl sites for hydroxylation is 1. The highest BCUT2D eigenvalue weighted by molar-refractivity contribution is 5.97. The summed E-state index contributed by atoms with van der Waals surface area (Å²) in [6.45, 7) is 2.06. The zero-order chi connectivity index (χ0) is 43.8. The molecule has 9 N–H and O–H groups in total. The molecule has 4 aromatic rings. The van der Waals surface area contributed by atoms with Crippen LogP contribution < -0.4 is 32.3 Å². The van der Waals surface area contributed by atoms with Crippen molar-refractivity contribution in [2.75, 3.05) is 39.5 Å². The third-order valence-electron chi connectivity index (χ3n) is 9.85. The molecular weight excluding hydrogens is 771 g/mol. The molecule has 60 heavy (non-hydrogen) atoms. The molecule has 0 saturated heterocycles. The number of H-pyrrole nitrogens is 1. The highest BCUT2D eigenvalue weighted by atomic mass is 16.4. The summed E-state index contributed by atoms with van der Waals surface area (Å²) in [4.78, 5) is 98.2. The number of benzene rings is 3. The Labute approximate surface area is 348 Å². The van der Waals surface area contributed by atoms with Gasteiger partial charge in [-0.05, 0) is 69.1 Å². The second-order valence-corrected chi connectivity index (χ2v) is 14.9. The second-order valence-electron chi connectivity index (χ2n) is 14.9. The first-order chi connectivity index (χ1) is 28.6. The molecule has 1 aromatic heterocycles. The predicted molar refractivity (Wildman–Crippen MR) is 227 cm³/mol. The minimum Gasteiger partial charge on any atom is -0.481 e. The summed E-state index contributed by atoms with van der Waals surface area (Å²) >= 11 is 0. The number of unbranched alkanes of at least 4 members (excludes halogenated alkanes) is 1. The van der Waals surface area contributed by atoms with E-state index in [0.29, 0.717) is 24.1 Å². The largest absolute Gasteiger partial charge is 0.481 e. The Morgan fingerprint density at radius 2 is 1.43 bits per heavy atom. The lowest BCUT2D eigenvalue weighted by Crippen LogP contribution is -2.59. The van der Waals surface area contributed by atoms with E-state index in [4.69, 9.17) is 5.73 Å². The molecule has 17 nitrogen and oxygen atoms in total. The molecular formula is C43H55N9O8. The molecule has 4 rings (SSSR count). The summed E-state index contributed by atoms with van der Waals surface area (Å²) in [6, 6.07) is 17.8. The van der Waals surface area contributed by atoms with E-state index in [9.17, 15) is 38.7 Å². The molecule has 7 amide bonds. The van der Waals surface area contributed by atoms with Crippen LogP contribution in [0.3, 0.4) is 0 Å². The third-order valence-corrected chi connectivity index (χ3v) is 9.85. The Hall–Kier alpha value is -6.75. The molecule has 0 saturated carbocycles. The topological polar surface area (TPSA) is 248 Å². The van der Waals surface area contributed by atoms with Crippen LogP contribution >= 0.6 is 0 Å². The number of carboxylic acid groups (broad SMARTS) is 1. The van der Waals surface area contributed by atoms with E-state index in [1.807, 2.05) is 43.3 Å². The number of carboxylic acids is 1. The van der Waals surface area contributed by atoms with Crippen LogP contribution in [0, 0.1) is 6.92 Å². The van der Waals surface area contributed by atoms with E-state index in [1.54, 1.807) is 67.7 Å². The zero-order valence-corrected chi connectivity index (χ0v) is 34.3. The van der Waals surface area contributed by atoms with Gasteiger partial charge in [0, 0.05) is 49.2 Å². The summed E-state index contributed by atoms with van der Waals surface area (Å²) < 4.78 is 0. The van der Waals surface area contributed by atoms with Crippen LogP contribution in [0.1, 0.15) is 42.4 Å². The van der Waals surface area contributed by atoms with Gasteiger partial charge in [0.1, 0.15) is 24.2 Å². The second kappa shape index (κ2) is 22.4. The first-order valence-corrected chi connectivity index (χ1v) is 19.6. The van der Waals surface area contributed by atoms with Crippen molar-refractivity contribution in [1.29, 1.82) is 0 Å². The number of nitrogens with two attached hydrogens (primary N) is 1. The lowest BCUT2D eigenvalue weighted by Gasteiger charge is -2.32. The summed E-state index contributed by atoms with van der Waals surface area (Å²) in [5.74, 6) is -5.11. The third kappa shape index (κ3) is 14.0. The zero-order valence-electron chi connectivity index (χ0n) is 34.3. The number of primary amides is 1. The van der Waals surface area contributed by atoms with E-state index in [1.165, 1.54) is 7.05 Å². The maximum atomic E-state index is 14.4. The van der Waals surface area contributed by atoms with Gasteiger partial charge in [0.05, 0.1) is 13.0 Å². The number of carbonyl (C=O) groups excluding carboxylic acids is 6. The van der Waals surface area contributed by atoms with Crippen molar-refractivity contribution in [3.05, 3.63) is 102 Å². The number of nitrogens with zero attached hydrogens (tertiary/aromatic N) is 2. The molecule has 0 aliphatic rings. The first kappa shape index (κ1) is 45.9. The number of hydrogen-bond donors (Lipinski definition) is 8. The Bertz CT molecular complexity index is 2120. The quantitative estimate of drug-likeness (QED) is 0.0540. The van der Waals surface area contributed by atoms with Crippen LogP contribution in [0.15, 0.2) is 85.1 Å². The van der Waals surface area contributed by atoms with Gasteiger partial charge in [-0.1, -0.05) is 66.7 Å². The average Bonchev–Trinajstić information content (AvgIpc) is 3.61. The number of amides is 7. The van der Waals surface area contributed by atoms with Gasteiger partial charge >= 0.3 is 12.0 Å².